The Kier molecular flexibility index (Phi) is 4.78. The van der Waals surface area contributed by atoms with Crippen LogP contribution in [0.25, 0.3) is 0 Å². The second-order valence-electron chi connectivity index (χ2n) is 5.07. The van der Waals surface area contributed by atoms with Crippen LogP contribution in [0, 0.1) is 0 Å². The van der Waals surface area contributed by atoms with Gasteiger partial charge < -0.3 is 4.74 Å². The van der Waals surface area contributed by atoms with Gasteiger partial charge in [-0.1, -0.05) is 24.3 Å². The summed E-state index contributed by atoms with van der Waals surface area (Å²) in [5, 5.41) is 4.46. The molecule has 0 fully saturated rings. The van der Waals surface area contributed by atoms with Crippen LogP contribution >= 0.6 is 12.2 Å². The Morgan fingerprint density at radius 1 is 1.33 bits per heavy atom. The first-order valence-electron chi connectivity index (χ1n) is 7.22. The molecule has 0 saturated carbocycles. The first-order chi connectivity index (χ1) is 11.7. The summed E-state index contributed by atoms with van der Waals surface area (Å²) in [6.07, 6.45) is 3.33. The van der Waals surface area contributed by atoms with Crippen molar-refractivity contribution >= 4 is 29.0 Å². The number of rotatable bonds is 4. The Morgan fingerprint density at radius 3 is 2.92 bits per heavy atom. The SMILES string of the molecule is NNC(=S)N/N=C(\C[C@H]1OC(=O)c2ccccc21)c1cccnc1. The van der Waals surface area contributed by atoms with Crippen molar-refractivity contribution in [2.24, 2.45) is 10.9 Å². The van der Waals surface area contributed by atoms with Crippen molar-refractivity contribution in [2.45, 2.75) is 12.5 Å². The molecule has 1 aromatic heterocycles. The van der Waals surface area contributed by atoms with Gasteiger partial charge in [0, 0.05) is 29.9 Å². The molecule has 7 nitrogen and oxygen atoms in total. The lowest BCUT2D eigenvalue weighted by atomic mass is 9.99. The Hall–Kier alpha value is -2.84. The third kappa shape index (κ3) is 3.39. The van der Waals surface area contributed by atoms with E-state index in [1.54, 1.807) is 24.5 Å². The van der Waals surface area contributed by atoms with Crippen molar-refractivity contribution in [3.8, 4) is 0 Å². The third-order valence-electron chi connectivity index (χ3n) is 3.57. The van der Waals surface area contributed by atoms with Crippen LogP contribution in [0.5, 0.6) is 0 Å². The number of benzene rings is 1. The van der Waals surface area contributed by atoms with Crippen molar-refractivity contribution in [1.82, 2.24) is 15.8 Å². The number of fused-ring (bicyclic) bond motifs is 1. The maximum Gasteiger partial charge on any atom is 0.339 e. The smallest absolute Gasteiger partial charge is 0.339 e. The van der Waals surface area contributed by atoms with Gasteiger partial charge in [-0.3, -0.25) is 15.8 Å². The number of nitrogens with zero attached hydrogens (tertiary/aromatic N) is 2. The number of hydrazone groups is 1. The van der Waals surface area contributed by atoms with Gasteiger partial charge in [-0.2, -0.15) is 5.10 Å². The second kappa shape index (κ2) is 7.16. The maximum atomic E-state index is 12.0. The molecule has 0 spiro atoms. The predicted octanol–water partition coefficient (Wildman–Crippen LogP) is 1.43. The van der Waals surface area contributed by atoms with Gasteiger partial charge in [-0.25, -0.2) is 10.6 Å². The first kappa shape index (κ1) is 16.0. The quantitative estimate of drug-likeness (QED) is 0.254. The number of thiocarbonyl (C=S) groups is 1. The number of ether oxygens (including phenoxy) is 1. The van der Waals surface area contributed by atoms with Gasteiger partial charge in [-0.15, -0.1) is 0 Å². The molecule has 0 saturated heterocycles. The molecule has 0 unspecified atom stereocenters. The molecule has 1 aromatic carbocycles. The van der Waals surface area contributed by atoms with Gasteiger partial charge in [0.2, 0.25) is 5.11 Å². The fourth-order valence-corrected chi connectivity index (χ4v) is 2.50. The van der Waals surface area contributed by atoms with E-state index in [4.69, 9.17) is 22.8 Å². The average Bonchev–Trinajstić information content (AvgIpc) is 2.95. The van der Waals surface area contributed by atoms with E-state index in [2.05, 4.69) is 20.9 Å². The third-order valence-corrected chi connectivity index (χ3v) is 3.78. The average molecular weight is 341 g/mol. The summed E-state index contributed by atoms with van der Waals surface area (Å²) in [7, 11) is 0. The molecule has 4 N–H and O–H groups in total. The number of hydrazine groups is 1. The van der Waals surface area contributed by atoms with E-state index in [1.165, 1.54) is 0 Å². The number of nitrogens with two attached hydrogens (primary N) is 1. The highest BCUT2D eigenvalue weighted by Gasteiger charge is 2.31. The van der Waals surface area contributed by atoms with Crippen LogP contribution in [0.4, 0.5) is 0 Å². The molecule has 1 aliphatic rings. The second-order valence-corrected chi connectivity index (χ2v) is 5.48. The number of cyclic esters (lactones) is 1. The summed E-state index contributed by atoms with van der Waals surface area (Å²) in [6.45, 7) is 0. The Bertz CT molecular complexity index is 794. The van der Waals surface area contributed by atoms with Gasteiger partial charge in [-0.05, 0) is 24.4 Å². The minimum Gasteiger partial charge on any atom is -0.453 e. The van der Waals surface area contributed by atoms with E-state index >= 15 is 0 Å². The summed E-state index contributed by atoms with van der Waals surface area (Å²) < 4.78 is 5.48. The number of aromatic nitrogens is 1. The predicted molar refractivity (Wildman–Crippen MR) is 93.0 cm³/mol. The number of hydrogen-bond donors (Lipinski definition) is 3. The van der Waals surface area contributed by atoms with Crippen molar-refractivity contribution in [1.29, 1.82) is 0 Å². The summed E-state index contributed by atoms with van der Waals surface area (Å²) >= 11 is 4.93. The molecule has 0 bridgehead atoms. The van der Waals surface area contributed by atoms with Gasteiger partial charge in [0.05, 0.1) is 11.3 Å². The number of esters is 1. The van der Waals surface area contributed by atoms with Crippen molar-refractivity contribution < 1.29 is 9.53 Å². The fourth-order valence-electron chi connectivity index (χ4n) is 2.46. The number of hydrogen-bond acceptors (Lipinski definition) is 6. The summed E-state index contributed by atoms with van der Waals surface area (Å²) in [5.74, 6) is 4.91. The van der Waals surface area contributed by atoms with Crippen LogP contribution in [0.1, 0.15) is 34.0 Å². The molecule has 0 aliphatic carbocycles. The van der Waals surface area contributed by atoms with Gasteiger partial charge in [0.15, 0.2) is 0 Å². The molecule has 2 heterocycles. The van der Waals surface area contributed by atoms with Gasteiger partial charge in [0.25, 0.3) is 0 Å². The zero-order valence-electron chi connectivity index (χ0n) is 12.6. The molecule has 0 radical (unpaired) electrons. The zero-order chi connectivity index (χ0) is 16.9. The minimum atomic E-state index is -0.408. The van der Waals surface area contributed by atoms with Crippen LogP contribution in [0.15, 0.2) is 53.9 Å². The zero-order valence-corrected chi connectivity index (χ0v) is 13.4. The lowest BCUT2D eigenvalue weighted by molar-refractivity contribution is 0.0400. The molecule has 1 atom stereocenters. The van der Waals surface area contributed by atoms with Gasteiger partial charge in [0.1, 0.15) is 6.10 Å². The lowest BCUT2D eigenvalue weighted by Gasteiger charge is -2.13. The normalized spacial score (nSPS) is 16.3. The van der Waals surface area contributed by atoms with E-state index in [0.717, 1.165) is 11.1 Å². The van der Waals surface area contributed by atoms with Crippen LogP contribution in [0.2, 0.25) is 0 Å². The number of carbonyl (C=O) groups is 1. The van der Waals surface area contributed by atoms with Crippen LogP contribution in [0.3, 0.4) is 0 Å². The van der Waals surface area contributed by atoms with Crippen molar-refractivity contribution in [2.75, 3.05) is 0 Å². The standard InChI is InChI=1S/C16H15N5O2S/c17-19-16(24)21-20-13(10-4-3-7-18-9-10)8-14-11-5-1-2-6-12(11)15(22)23-14/h1-7,9,14H,8,17H2,(H2,19,21,24)/b20-13+/t14-/m1/s1. The van der Waals surface area contributed by atoms with E-state index in [-0.39, 0.29) is 11.1 Å². The first-order valence-corrected chi connectivity index (χ1v) is 7.63. The highest BCUT2D eigenvalue weighted by molar-refractivity contribution is 7.80. The van der Waals surface area contributed by atoms with Gasteiger partial charge >= 0.3 is 5.97 Å². The molecular formula is C16H15N5O2S. The van der Waals surface area contributed by atoms with Crippen LogP contribution < -0.4 is 16.7 Å². The minimum absolute atomic E-state index is 0.181. The highest BCUT2D eigenvalue weighted by atomic mass is 32.1. The molecule has 0 amide bonds. The number of pyridine rings is 1. The van der Waals surface area contributed by atoms with Crippen molar-refractivity contribution in [3.05, 3.63) is 65.5 Å². The summed E-state index contributed by atoms with van der Waals surface area (Å²) in [4.78, 5) is 16.1. The molecule has 2 aromatic rings. The highest BCUT2D eigenvalue weighted by Crippen LogP contribution is 2.33. The van der Waals surface area contributed by atoms with E-state index in [9.17, 15) is 4.79 Å². The van der Waals surface area contributed by atoms with Crippen LogP contribution in [-0.2, 0) is 4.74 Å². The van der Waals surface area contributed by atoms with E-state index in [0.29, 0.717) is 17.7 Å². The van der Waals surface area contributed by atoms with Crippen LogP contribution in [-0.4, -0.2) is 21.8 Å². The molecule has 1 aliphatic heterocycles. The van der Waals surface area contributed by atoms with Crippen molar-refractivity contribution in [3.63, 3.8) is 0 Å². The molecule has 24 heavy (non-hydrogen) atoms. The summed E-state index contributed by atoms with van der Waals surface area (Å²) in [5.41, 5.74) is 7.83. The topological polar surface area (TPSA) is 102 Å². The number of nitrogens with one attached hydrogen (secondary N) is 2. The number of carbonyl (C=O) groups excluding carboxylic acids is 1. The monoisotopic (exact) mass is 341 g/mol. The van der Waals surface area contributed by atoms with E-state index < -0.39 is 6.10 Å². The molecule has 8 heteroatoms. The Labute approximate surface area is 143 Å². The molecule has 122 valence electrons. The largest absolute Gasteiger partial charge is 0.453 e. The molecule has 3 rings (SSSR count). The Balaban J connectivity index is 1.88. The summed E-state index contributed by atoms with van der Waals surface area (Å²) in [6, 6.07) is 11.0. The fraction of sp³-hybridized carbons (Fsp3) is 0.125. The Morgan fingerprint density at radius 2 is 2.17 bits per heavy atom. The molecular weight excluding hydrogens is 326 g/mol. The van der Waals surface area contributed by atoms with E-state index in [1.807, 2.05) is 24.3 Å². The maximum absolute atomic E-state index is 12.0. The lowest BCUT2D eigenvalue weighted by Crippen LogP contribution is -2.37.